The molecule has 0 aliphatic carbocycles. The summed E-state index contributed by atoms with van der Waals surface area (Å²) >= 11 is 3.69. The SMILES string of the molecule is CC[C@@H](CO)N1C(=O)[C@@H]2[C@@H](C(=O)Nc3ccccc3)[C@@H]3OC2(CC3Br)C1C(=O)Nc1ccc(N(CC)CC)cc1. The number of benzene rings is 2. The third-order valence-electron chi connectivity index (χ3n) is 8.66. The van der Waals surface area contributed by atoms with E-state index in [2.05, 4.69) is 45.3 Å². The number of hydrogen-bond acceptors (Lipinski definition) is 6. The van der Waals surface area contributed by atoms with Crippen LogP contribution in [0.25, 0.3) is 0 Å². The lowest BCUT2D eigenvalue weighted by Crippen LogP contribution is -2.56. The van der Waals surface area contributed by atoms with E-state index in [-0.39, 0.29) is 29.2 Å². The van der Waals surface area contributed by atoms with Crippen molar-refractivity contribution in [1.29, 1.82) is 0 Å². The average molecular weight is 614 g/mol. The summed E-state index contributed by atoms with van der Waals surface area (Å²) in [4.78, 5) is 45.3. The Kier molecular flexibility index (Phi) is 8.22. The molecule has 2 bridgehead atoms. The van der Waals surface area contributed by atoms with Gasteiger partial charge in [-0.1, -0.05) is 41.1 Å². The maximum absolute atomic E-state index is 14.1. The predicted octanol–water partition coefficient (Wildman–Crippen LogP) is 3.63. The van der Waals surface area contributed by atoms with Gasteiger partial charge in [-0.25, -0.2) is 0 Å². The maximum atomic E-state index is 14.1. The summed E-state index contributed by atoms with van der Waals surface area (Å²) in [7, 11) is 0. The Hall–Kier alpha value is -2.95. The fourth-order valence-corrected chi connectivity index (χ4v) is 7.72. The standard InChI is InChI=1S/C30H37BrN4O5/c1-4-20(17-36)35-26(28(38)33-19-12-14-21(15-13-19)34(5-2)6-3)30-16-22(31)25(40-30)23(24(30)29(35)39)27(37)32-18-10-8-7-9-11-18/h7-15,20,22-26,36H,4-6,16-17H2,1-3H3,(H,32,37)(H,33,38)/t20-,22?,23+,24-,25+,26?,30?/m0/s1. The number of likely N-dealkylation sites (tertiary alicyclic amines) is 1. The molecule has 10 heteroatoms. The van der Waals surface area contributed by atoms with Crippen LogP contribution in [0.3, 0.4) is 0 Å². The van der Waals surface area contributed by atoms with Crippen molar-refractivity contribution in [3.8, 4) is 0 Å². The van der Waals surface area contributed by atoms with Crippen molar-refractivity contribution in [3.63, 3.8) is 0 Å². The topological polar surface area (TPSA) is 111 Å². The Labute approximate surface area is 243 Å². The summed E-state index contributed by atoms with van der Waals surface area (Å²) in [5.74, 6) is -2.64. The minimum Gasteiger partial charge on any atom is -0.394 e. The molecule has 3 N–H and O–H groups in total. The second-order valence-corrected chi connectivity index (χ2v) is 11.9. The zero-order chi connectivity index (χ0) is 28.6. The number of para-hydroxylation sites is 1. The molecule has 3 saturated heterocycles. The second-order valence-electron chi connectivity index (χ2n) is 10.7. The van der Waals surface area contributed by atoms with E-state index in [1.165, 1.54) is 4.90 Å². The molecule has 3 aliphatic rings. The summed E-state index contributed by atoms with van der Waals surface area (Å²) in [5, 5.41) is 16.1. The van der Waals surface area contributed by atoms with E-state index in [0.29, 0.717) is 24.2 Å². The van der Waals surface area contributed by atoms with Gasteiger partial charge in [0.05, 0.1) is 30.6 Å². The molecule has 3 amide bonds. The van der Waals surface area contributed by atoms with Gasteiger partial charge in [-0.15, -0.1) is 0 Å². The zero-order valence-electron chi connectivity index (χ0n) is 23.0. The number of amides is 3. The Bertz CT molecular complexity index is 1240. The molecule has 7 atom stereocenters. The Morgan fingerprint density at radius 3 is 2.27 bits per heavy atom. The number of aliphatic hydroxyl groups excluding tert-OH is 1. The van der Waals surface area contributed by atoms with Gasteiger partial charge in [0.25, 0.3) is 0 Å². The first-order valence-corrected chi connectivity index (χ1v) is 15.0. The minimum absolute atomic E-state index is 0.208. The van der Waals surface area contributed by atoms with Gasteiger partial charge in [0.15, 0.2) is 0 Å². The fourth-order valence-electron chi connectivity index (χ4n) is 6.78. The highest BCUT2D eigenvalue weighted by molar-refractivity contribution is 9.09. The highest BCUT2D eigenvalue weighted by atomic mass is 79.9. The number of carbonyl (C=O) groups is 3. The number of fused-ring (bicyclic) bond motifs is 1. The number of aliphatic hydroxyl groups is 1. The monoisotopic (exact) mass is 612 g/mol. The molecule has 0 radical (unpaired) electrons. The minimum atomic E-state index is -1.19. The number of hydrogen-bond donors (Lipinski definition) is 3. The van der Waals surface area contributed by atoms with Crippen LogP contribution in [0.4, 0.5) is 17.1 Å². The lowest BCUT2D eigenvalue weighted by atomic mass is 9.70. The van der Waals surface area contributed by atoms with Gasteiger partial charge in [0.1, 0.15) is 11.6 Å². The third-order valence-corrected chi connectivity index (χ3v) is 9.50. The number of rotatable bonds is 10. The van der Waals surface area contributed by atoms with E-state index >= 15 is 0 Å². The Balaban J connectivity index is 1.47. The number of nitrogens with one attached hydrogen (secondary N) is 2. The van der Waals surface area contributed by atoms with Gasteiger partial charge in [-0.05, 0) is 63.1 Å². The van der Waals surface area contributed by atoms with E-state index < -0.39 is 35.6 Å². The number of anilines is 3. The summed E-state index contributed by atoms with van der Waals surface area (Å²) < 4.78 is 6.54. The molecule has 9 nitrogen and oxygen atoms in total. The van der Waals surface area contributed by atoms with Gasteiger partial charge in [-0.3, -0.25) is 14.4 Å². The average Bonchev–Trinajstić information content (AvgIpc) is 3.55. The first-order valence-electron chi connectivity index (χ1n) is 14.1. The molecule has 214 valence electrons. The molecule has 0 aromatic heterocycles. The van der Waals surface area contributed by atoms with Crippen molar-refractivity contribution in [1.82, 2.24) is 4.90 Å². The number of ether oxygens (including phenoxy) is 1. The molecule has 2 aromatic carbocycles. The summed E-state index contributed by atoms with van der Waals surface area (Å²) in [6.07, 6.45) is 0.299. The lowest BCUT2D eigenvalue weighted by molar-refractivity contribution is -0.143. The quantitative estimate of drug-likeness (QED) is 0.353. The van der Waals surface area contributed by atoms with Crippen LogP contribution in [0.15, 0.2) is 54.6 Å². The number of nitrogens with zero attached hydrogens (tertiary/aromatic N) is 2. The Morgan fingerprint density at radius 1 is 1.05 bits per heavy atom. The normalized spacial score (nSPS) is 29.3. The lowest BCUT2D eigenvalue weighted by Gasteiger charge is -2.36. The van der Waals surface area contributed by atoms with Crippen molar-refractivity contribution < 1.29 is 24.2 Å². The van der Waals surface area contributed by atoms with Gasteiger partial charge in [0.2, 0.25) is 17.7 Å². The van der Waals surface area contributed by atoms with Crippen molar-refractivity contribution in [3.05, 3.63) is 54.6 Å². The van der Waals surface area contributed by atoms with E-state index in [9.17, 15) is 19.5 Å². The van der Waals surface area contributed by atoms with E-state index in [1.54, 1.807) is 12.1 Å². The van der Waals surface area contributed by atoms with Gasteiger partial charge in [0, 0.05) is 35.0 Å². The fraction of sp³-hybridized carbons (Fsp3) is 0.500. The summed E-state index contributed by atoms with van der Waals surface area (Å²) in [5.41, 5.74) is 1.09. The first kappa shape index (κ1) is 28.6. The highest BCUT2D eigenvalue weighted by Gasteiger charge is 2.77. The van der Waals surface area contributed by atoms with Crippen LogP contribution in [0.2, 0.25) is 0 Å². The molecule has 3 heterocycles. The molecule has 2 aromatic rings. The molecule has 0 saturated carbocycles. The molecular formula is C30H37BrN4O5. The van der Waals surface area contributed by atoms with Crippen LogP contribution in [0.5, 0.6) is 0 Å². The molecule has 3 aliphatic heterocycles. The highest BCUT2D eigenvalue weighted by Crippen LogP contribution is 2.60. The van der Waals surface area contributed by atoms with Gasteiger partial charge >= 0.3 is 0 Å². The smallest absolute Gasteiger partial charge is 0.250 e. The maximum Gasteiger partial charge on any atom is 0.250 e. The molecule has 3 unspecified atom stereocenters. The van der Waals surface area contributed by atoms with Crippen LogP contribution in [-0.2, 0) is 19.1 Å². The third kappa shape index (κ3) is 4.69. The number of carbonyl (C=O) groups excluding carboxylic acids is 3. The number of alkyl halides is 1. The molecule has 5 rings (SSSR count). The van der Waals surface area contributed by atoms with E-state index in [1.807, 2.05) is 49.4 Å². The van der Waals surface area contributed by atoms with Crippen LogP contribution >= 0.6 is 15.9 Å². The van der Waals surface area contributed by atoms with E-state index in [0.717, 1.165) is 18.8 Å². The molecule has 3 fully saturated rings. The first-order chi connectivity index (χ1) is 19.3. The largest absolute Gasteiger partial charge is 0.394 e. The van der Waals surface area contributed by atoms with Gasteiger partial charge in [-0.2, -0.15) is 0 Å². The van der Waals surface area contributed by atoms with Gasteiger partial charge < -0.3 is 30.3 Å². The number of halogens is 1. The predicted molar refractivity (Wildman–Crippen MR) is 157 cm³/mol. The van der Waals surface area contributed by atoms with Crippen LogP contribution in [0, 0.1) is 11.8 Å². The molecule has 1 spiro atoms. The zero-order valence-corrected chi connectivity index (χ0v) is 24.6. The Morgan fingerprint density at radius 2 is 1.68 bits per heavy atom. The molecular weight excluding hydrogens is 576 g/mol. The van der Waals surface area contributed by atoms with Crippen molar-refractivity contribution >= 4 is 50.7 Å². The van der Waals surface area contributed by atoms with Crippen LogP contribution in [-0.4, -0.2) is 76.0 Å². The van der Waals surface area contributed by atoms with Crippen molar-refractivity contribution in [2.75, 3.05) is 35.2 Å². The van der Waals surface area contributed by atoms with Crippen LogP contribution < -0.4 is 15.5 Å². The second kappa shape index (κ2) is 11.5. The summed E-state index contributed by atoms with van der Waals surface area (Å²) in [6.45, 7) is 7.49. The van der Waals surface area contributed by atoms with Crippen LogP contribution in [0.1, 0.15) is 33.6 Å². The van der Waals surface area contributed by atoms with Crippen molar-refractivity contribution in [2.24, 2.45) is 11.8 Å². The summed E-state index contributed by atoms with van der Waals surface area (Å²) in [6, 6.07) is 15.1. The van der Waals surface area contributed by atoms with Crippen molar-refractivity contribution in [2.45, 2.75) is 62.2 Å². The van der Waals surface area contributed by atoms with E-state index in [4.69, 9.17) is 4.74 Å². The molecule has 40 heavy (non-hydrogen) atoms.